The highest BCUT2D eigenvalue weighted by atomic mass is 16.5. The van der Waals surface area contributed by atoms with Gasteiger partial charge in [0.15, 0.2) is 12.4 Å². The van der Waals surface area contributed by atoms with Crippen LogP contribution in [0.25, 0.3) is 0 Å². The molecule has 0 bridgehead atoms. The van der Waals surface area contributed by atoms with Gasteiger partial charge in [-0.15, -0.1) is 0 Å². The fourth-order valence-corrected chi connectivity index (χ4v) is 2.18. The Kier molecular flexibility index (Phi) is 5.52. The van der Waals surface area contributed by atoms with Crippen molar-refractivity contribution in [3.63, 3.8) is 0 Å². The zero-order chi connectivity index (χ0) is 16.8. The molecule has 0 aliphatic carbocycles. The second kappa shape index (κ2) is 7.58. The molecule has 4 nitrogen and oxygen atoms in total. The van der Waals surface area contributed by atoms with Gasteiger partial charge in [-0.2, -0.15) is 0 Å². The average molecular weight is 311 g/mol. The maximum Gasteiger partial charge on any atom is 0.258 e. The minimum atomic E-state index is -0.202. The molecule has 0 saturated heterocycles. The van der Waals surface area contributed by atoms with Gasteiger partial charge in [-0.25, -0.2) is 0 Å². The second-order valence-corrected chi connectivity index (χ2v) is 5.57. The molecule has 0 radical (unpaired) electrons. The number of ether oxygens (including phenoxy) is 1. The Labute approximate surface area is 136 Å². The standard InChI is InChI=1S/C19H21NO3/c1-13-7-9-16(10-8-13)14(2)20-19(22)12-23-18-6-4-5-17(11-18)15(3)21/h4-11,14H,12H2,1-3H3,(H,20,22). The van der Waals surface area contributed by atoms with Crippen molar-refractivity contribution in [1.29, 1.82) is 0 Å². The molecule has 0 fully saturated rings. The van der Waals surface area contributed by atoms with Crippen molar-refractivity contribution >= 4 is 11.7 Å². The van der Waals surface area contributed by atoms with Crippen LogP contribution in [-0.2, 0) is 4.79 Å². The van der Waals surface area contributed by atoms with Crippen molar-refractivity contribution in [1.82, 2.24) is 5.32 Å². The van der Waals surface area contributed by atoms with E-state index in [2.05, 4.69) is 5.32 Å². The highest BCUT2D eigenvalue weighted by Crippen LogP contribution is 2.15. The first-order valence-corrected chi connectivity index (χ1v) is 7.55. The van der Waals surface area contributed by atoms with E-state index < -0.39 is 0 Å². The number of carbonyl (C=O) groups is 2. The lowest BCUT2D eigenvalue weighted by atomic mass is 10.1. The molecule has 1 unspecified atom stereocenters. The lowest BCUT2D eigenvalue weighted by Gasteiger charge is -2.15. The van der Waals surface area contributed by atoms with Crippen LogP contribution >= 0.6 is 0 Å². The van der Waals surface area contributed by atoms with Gasteiger partial charge in [0.05, 0.1) is 6.04 Å². The number of benzene rings is 2. The molecule has 1 amide bonds. The highest BCUT2D eigenvalue weighted by molar-refractivity contribution is 5.94. The third-order valence-corrected chi connectivity index (χ3v) is 3.57. The summed E-state index contributed by atoms with van der Waals surface area (Å²) < 4.78 is 5.45. The fraction of sp³-hybridized carbons (Fsp3) is 0.263. The molecule has 0 heterocycles. The Morgan fingerprint density at radius 2 is 1.83 bits per heavy atom. The maximum atomic E-state index is 12.0. The van der Waals surface area contributed by atoms with Crippen LogP contribution in [0.4, 0.5) is 0 Å². The summed E-state index contributed by atoms with van der Waals surface area (Å²) in [5.41, 5.74) is 2.79. The molecule has 2 aromatic carbocycles. The zero-order valence-corrected chi connectivity index (χ0v) is 13.6. The smallest absolute Gasteiger partial charge is 0.258 e. The molecular formula is C19H21NO3. The SMILES string of the molecule is CC(=O)c1cccc(OCC(=O)NC(C)c2ccc(C)cc2)c1. The quantitative estimate of drug-likeness (QED) is 0.831. The van der Waals surface area contributed by atoms with E-state index in [1.165, 1.54) is 12.5 Å². The van der Waals surface area contributed by atoms with Crippen LogP contribution in [0, 0.1) is 6.92 Å². The van der Waals surface area contributed by atoms with Gasteiger partial charge >= 0.3 is 0 Å². The molecule has 4 heteroatoms. The third-order valence-electron chi connectivity index (χ3n) is 3.57. The van der Waals surface area contributed by atoms with Gasteiger partial charge in [0.2, 0.25) is 0 Å². The number of rotatable bonds is 6. The molecule has 0 aromatic heterocycles. The van der Waals surface area contributed by atoms with Crippen molar-refractivity contribution in [2.75, 3.05) is 6.61 Å². The Morgan fingerprint density at radius 1 is 1.13 bits per heavy atom. The van der Waals surface area contributed by atoms with Crippen molar-refractivity contribution in [2.24, 2.45) is 0 Å². The maximum absolute atomic E-state index is 12.0. The van der Waals surface area contributed by atoms with E-state index in [0.717, 1.165) is 5.56 Å². The van der Waals surface area contributed by atoms with E-state index >= 15 is 0 Å². The van der Waals surface area contributed by atoms with Gasteiger partial charge in [0, 0.05) is 5.56 Å². The summed E-state index contributed by atoms with van der Waals surface area (Å²) in [6.45, 7) is 5.36. The molecule has 23 heavy (non-hydrogen) atoms. The van der Waals surface area contributed by atoms with Crippen molar-refractivity contribution < 1.29 is 14.3 Å². The highest BCUT2D eigenvalue weighted by Gasteiger charge is 2.10. The Bertz CT molecular complexity index is 692. The second-order valence-electron chi connectivity index (χ2n) is 5.57. The molecule has 0 aliphatic heterocycles. The predicted molar refractivity (Wildman–Crippen MR) is 89.7 cm³/mol. The van der Waals surface area contributed by atoms with Crippen LogP contribution in [0.3, 0.4) is 0 Å². The van der Waals surface area contributed by atoms with Gasteiger partial charge in [-0.05, 0) is 38.5 Å². The zero-order valence-electron chi connectivity index (χ0n) is 13.6. The van der Waals surface area contributed by atoms with Gasteiger partial charge in [-0.1, -0.05) is 42.0 Å². The molecule has 120 valence electrons. The summed E-state index contributed by atoms with van der Waals surface area (Å²) in [6.07, 6.45) is 0. The lowest BCUT2D eigenvalue weighted by Crippen LogP contribution is -2.31. The normalized spacial score (nSPS) is 11.6. The van der Waals surface area contributed by atoms with Crippen LogP contribution < -0.4 is 10.1 Å². The molecule has 1 atom stereocenters. The van der Waals surface area contributed by atoms with Crippen molar-refractivity contribution in [2.45, 2.75) is 26.8 Å². The minimum Gasteiger partial charge on any atom is -0.484 e. The number of amides is 1. The summed E-state index contributed by atoms with van der Waals surface area (Å²) in [6, 6.07) is 14.8. The number of nitrogens with one attached hydrogen (secondary N) is 1. The van der Waals surface area contributed by atoms with E-state index in [1.807, 2.05) is 38.1 Å². The topological polar surface area (TPSA) is 55.4 Å². The third kappa shape index (κ3) is 4.95. The van der Waals surface area contributed by atoms with Crippen LogP contribution in [-0.4, -0.2) is 18.3 Å². The van der Waals surface area contributed by atoms with E-state index in [4.69, 9.17) is 4.74 Å². The Balaban J connectivity index is 1.88. The monoisotopic (exact) mass is 311 g/mol. The van der Waals surface area contributed by atoms with Gasteiger partial charge in [0.1, 0.15) is 5.75 Å². The van der Waals surface area contributed by atoms with E-state index in [0.29, 0.717) is 11.3 Å². The van der Waals surface area contributed by atoms with Crippen LogP contribution in [0.5, 0.6) is 5.75 Å². The summed E-state index contributed by atoms with van der Waals surface area (Å²) in [5, 5.41) is 2.89. The van der Waals surface area contributed by atoms with Crippen LogP contribution in [0.1, 0.15) is 41.4 Å². The molecule has 0 saturated carbocycles. The number of ketones is 1. The lowest BCUT2D eigenvalue weighted by molar-refractivity contribution is -0.123. The first kappa shape index (κ1) is 16.7. The fourth-order valence-electron chi connectivity index (χ4n) is 2.18. The number of carbonyl (C=O) groups excluding carboxylic acids is 2. The number of hydrogen-bond donors (Lipinski definition) is 1. The Hall–Kier alpha value is -2.62. The summed E-state index contributed by atoms with van der Waals surface area (Å²) in [4.78, 5) is 23.3. The number of aryl methyl sites for hydroxylation is 1. The summed E-state index contributed by atoms with van der Waals surface area (Å²) in [5.74, 6) is 0.273. The molecule has 0 aliphatic rings. The first-order valence-electron chi connectivity index (χ1n) is 7.55. The predicted octanol–water partition coefficient (Wildman–Crippen LogP) is 3.45. The van der Waals surface area contributed by atoms with E-state index in [1.54, 1.807) is 24.3 Å². The molecular weight excluding hydrogens is 290 g/mol. The molecule has 2 rings (SSSR count). The number of Topliss-reactive ketones (excluding diaryl/α,β-unsaturated/α-hetero) is 1. The molecule has 1 N–H and O–H groups in total. The largest absolute Gasteiger partial charge is 0.484 e. The van der Waals surface area contributed by atoms with Gasteiger partial charge in [-0.3, -0.25) is 9.59 Å². The van der Waals surface area contributed by atoms with E-state index in [-0.39, 0.29) is 24.3 Å². The first-order chi connectivity index (χ1) is 11.0. The summed E-state index contributed by atoms with van der Waals surface area (Å²) >= 11 is 0. The van der Waals surface area contributed by atoms with Crippen LogP contribution in [0.2, 0.25) is 0 Å². The molecule has 0 spiro atoms. The minimum absolute atomic E-state index is 0.0344. The van der Waals surface area contributed by atoms with Gasteiger partial charge in [0.25, 0.3) is 5.91 Å². The van der Waals surface area contributed by atoms with Crippen molar-refractivity contribution in [3.8, 4) is 5.75 Å². The Morgan fingerprint density at radius 3 is 2.48 bits per heavy atom. The molecule has 2 aromatic rings. The van der Waals surface area contributed by atoms with Gasteiger partial charge < -0.3 is 10.1 Å². The van der Waals surface area contributed by atoms with Crippen LogP contribution in [0.15, 0.2) is 48.5 Å². The number of hydrogen-bond acceptors (Lipinski definition) is 3. The van der Waals surface area contributed by atoms with Crippen molar-refractivity contribution in [3.05, 3.63) is 65.2 Å². The van der Waals surface area contributed by atoms with E-state index in [9.17, 15) is 9.59 Å². The summed E-state index contributed by atoms with van der Waals surface area (Å²) in [7, 11) is 0. The average Bonchev–Trinajstić information content (AvgIpc) is 2.53.